The summed E-state index contributed by atoms with van der Waals surface area (Å²) < 4.78 is 67.7. The van der Waals surface area contributed by atoms with Crippen LogP contribution in [0.4, 0.5) is 0 Å². The Morgan fingerprint density at radius 2 is 1.10 bits per heavy atom. The summed E-state index contributed by atoms with van der Waals surface area (Å²) in [5.41, 5.74) is 0. The SMILES string of the molecule is C[Si]1(C)OCCCO[Si](C)(C)OS(=O)(=O)CS(=O)(=O)O1. The van der Waals surface area contributed by atoms with Gasteiger partial charge in [0.15, 0.2) is 0 Å². The highest BCUT2D eigenvalue weighted by Crippen LogP contribution is 2.18. The molecule has 20 heavy (non-hydrogen) atoms. The topological polar surface area (TPSA) is 105 Å². The van der Waals surface area contributed by atoms with E-state index in [9.17, 15) is 16.8 Å². The summed E-state index contributed by atoms with van der Waals surface area (Å²) in [6.45, 7) is 6.69. The van der Waals surface area contributed by atoms with Crippen LogP contribution in [0.15, 0.2) is 0 Å². The maximum atomic E-state index is 11.8. The predicted molar refractivity (Wildman–Crippen MR) is 76.4 cm³/mol. The van der Waals surface area contributed by atoms with E-state index >= 15 is 0 Å². The van der Waals surface area contributed by atoms with Crippen molar-refractivity contribution in [3.05, 3.63) is 0 Å². The molecule has 1 aliphatic heterocycles. The molecule has 0 amide bonds. The maximum absolute atomic E-state index is 11.8. The molecule has 0 bridgehead atoms. The first-order valence-electron chi connectivity index (χ1n) is 5.97. The largest absolute Gasteiger partial charge is 0.394 e. The lowest BCUT2D eigenvalue weighted by Gasteiger charge is -2.26. The van der Waals surface area contributed by atoms with Crippen molar-refractivity contribution in [2.75, 3.05) is 18.3 Å². The lowest BCUT2D eigenvalue weighted by Crippen LogP contribution is -2.43. The Hall–Kier alpha value is 0.174. The zero-order valence-electron chi connectivity index (χ0n) is 11.9. The van der Waals surface area contributed by atoms with Gasteiger partial charge in [0.2, 0.25) is 5.08 Å². The molecule has 1 fully saturated rings. The quantitative estimate of drug-likeness (QED) is 0.571. The van der Waals surface area contributed by atoms with E-state index in [-0.39, 0.29) is 13.2 Å². The van der Waals surface area contributed by atoms with Crippen molar-refractivity contribution in [2.45, 2.75) is 32.6 Å². The third-order valence-corrected chi connectivity index (χ3v) is 11.5. The fraction of sp³-hybridized carbons (Fsp3) is 1.00. The third kappa shape index (κ3) is 6.75. The molecule has 0 aliphatic carbocycles. The molecule has 0 aromatic rings. The van der Waals surface area contributed by atoms with Gasteiger partial charge in [-0.15, -0.1) is 0 Å². The van der Waals surface area contributed by atoms with Gasteiger partial charge >= 0.3 is 17.1 Å². The van der Waals surface area contributed by atoms with Crippen LogP contribution in [0, 0.1) is 0 Å². The van der Waals surface area contributed by atoms with Gasteiger partial charge in [-0.05, 0) is 32.6 Å². The molecule has 8 nitrogen and oxygen atoms in total. The second-order valence-electron chi connectivity index (χ2n) is 5.25. The number of rotatable bonds is 0. The molecule has 0 N–H and O–H groups in total. The van der Waals surface area contributed by atoms with Gasteiger partial charge in [0.25, 0.3) is 20.2 Å². The Labute approximate surface area is 122 Å². The van der Waals surface area contributed by atoms with E-state index in [0.29, 0.717) is 6.42 Å². The summed E-state index contributed by atoms with van der Waals surface area (Å²) in [7, 11) is -14.5. The zero-order valence-corrected chi connectivity index (χ0v) is 15.5. The van der Waals surface area contributed by atoms with Crippen molar-refractivity contribution in [3.8, 4) is 0 Å². The van der Waals surface area contributed by atoms with Crippen LogP contribution in [0.3, 0.4) is 0 Å². The van der Waals surface area contributed by atoms with Gasteiger partial charge < -0.3 is 8.85 Å². The zero-order chi connectivity index (χ0) is 15.7. The van der Waals surface area contributed by atoms with E-state index in [2.05, 4.69) is 0 Å². The first kappa shape index (κ1) is 18.2. The van der Waals surface area contributed by atoms with Gasteiger partial charge in [-0.3, -0.25) is 7.74 Å². The fourth-order valence-corrected chi connectivity index (χ4v) is 10.8. The van der Waals surface area contributed by atoms with Crippen LogP contribution in [0.1, 0.15) is 6.42 Å². The number of hydrogen-bond donors (Lipinski definition) is 0. The summed E-state index contributed by atoms with van der Waals surface area (Å²) >= 11 is 0. The normalized spacial score (nSPS) is 29.8. The number of hydrogen-bond acceptors (Lipinski definition) is 8. The highest BCUT2D eigenvalue weighted by Gasteiger charge is 2.39. The van der Waals surface area contributed by atoms with Crippen LogP contribution >= 0.6 is 0 Å². The summed E-state index contributed by atoms with van der Waals surface area (Å²) in [6.07, 6.45) is 0.500. The van der Waals surface area contributed by atoms with E-state index in [4.69, 9.17) is 16.6 Å². The fourth-order valence-electron chi connectivity index (χ4n) is 1.58. The van der Waals surface area contributed by atoms with E-state index in [1.807, 2.05) is 0 Å². The van der Waals surface area contributed by atoms with Crippen LogP contribution in [0.5, 0.6) is 0 Å². The molecular weight excluding hydrogens is 344 g/mol. The molecule has 12 heteroatoms. The molecule has 0 radical (unpaired) electrons. The second-order valence-corrected chi connectivity index (χ2v) is 15.9. The van der Waals surface area contributed by atoms with Gasteiger partial charge in [0, 0.05) is 13.2 Å². The van der Waals surface area contributed by atoms with E-state index in [1.165, 1.54) is 26.2 Å². The summed E-state index contributed by atoms with van der Waals surface area (Å²) in [5, 5.41) is -1.24. The molecule has 120 valence electrons. The summed E-state index contributed by atoms with van der Waals surface area (Å²) in [4.78, 5) is 0. The highest BCUT2D eigenvalue weighted by molar-refractivity contribution is 8.04. The van der Waals surface area contributed by atoms with Crippen molar-refractivity contribution >= 4 is 37.4 Å². The van der Waals surface area contributed by atoms with E-state index in [0.717, 1.165) is 0 Å². The van der Waals surface area contributed by atoms with Gasteiger partial charge in [0.1, 0.15) is 0 Å². The first-order valence-corrected chi connectivity index (χ1v) is 14.8. The standard InChI is InChI=1S/C8H20O8S2Si2/c1-19(2)13-6-5-7-14-20(3,4)16-18(11,12)8-17(9,10)15-19/h5-8H2,1-4H3. The summed E-state index contributed by atoms with van der Waals surface area (Å²) in [6, 6.07) is 0. The molecule has 1 heterocycles. The van der Waals surface area contributed by atoms with Crippen molar-refractivity contribution in [3.63, 3.8) is 0 Å². The van der Waals surface area contributed by atoms with Crippen LogP contribution in [-0.4, -0.2) is 52.3 Å². The molecule has 1 rings (SSSR count). The molecule has 0 unspecified atom stereocenters. The molecule has 0 spiro atoms. The van der Waals surface area contributed by atoms with Crippen molar-refractivity contribution < 1.29 is 33.4 Å². The van der Waals surface area contributed by atoms with Gasteiger partial charge in [-0.1, -0.05) is 0 Å². The molecule has 0 saturated carbocycles. The smallest absolute Gasteiger partial charge is 0.351 e. The van der Waals surface area contributed by atoms with Crippen LogP contribution in [-0.2, 0) is 36.8 Å². The molecule has 0 atom stereocenters. The van der Waals surface area contributed by atoms with Crippen molar-refractivity contribution in [1.29, 1.82) is 0 Å². The monoisotopic (exact) mass is 364 g/mol. The van der Waals surface area contributed by atoms with Gasteiger partial charge in [-0.2, -0.15) is 16.8 Å². The van der Waals surface area contributed by atoms with Crippen LogP contribution in [0.2, 0.25) is 26.2 Å². The lowest BCUT2D eigenvalue weighted by atomic mass is 10.5. The average Bonchev–Trinajstić information content (AvgIpc) is 2.08. The maximum Gasteiger partial charge on any atom is 0.351 e. The molecule has 0 aromatic carbocycles. The van der Waals surface area contributed by atoms with Gasteiger partial charge in [-0.25, -0.2) is 0 Å². The van der Waals surface area contributed by atoms with E-state index < -0.39 is 42.4 Å². The van der Waals surface area contributed by atoms with Crippen LogP contribution < -0.4 is 0 Å². The van der Waals surface area contributed by atoms with Crippen molar-refractivity contribution in [2.24, 2.45) is 0 Å². The predicted octanol–water partition coefficient (Wildman–Crippen LogP) is 0.477. The van der Waals surface area contributed by atoms with E-state index in [1.54, 1.807) is 0 Å². The Bertz CT molecular complexity index is 491. The Kier molecular flexibility index (Phi) is 5.57. The average molecular weight is 365 g/mol. The Morgan fingerprint density at radius 1 is 0.750 bits per heavy atom. The third-order valence-electron chi connectivity index (χ3n) is 2.13. The minimum absolute atomic E-state index is 0.284. The molecule has 1 aliphatic rings. The second kappa shape index (κ2) is 6.12. The molecule has 1 saturated heterocycles. The Balaban J connectivity index is 3.01. The Morgan fingerprint density at radius 3 is 1.45 bits per heavy atom. The first-order chi connectivity index (χ1) is 8.83. The lowest BCUT2D eigenvalue weighted by molar-refractivity contribution is 0.194. The van der Waals surface area contributed by atoms with Crippen LogP contribution in [0.25, 0.3) is 0 Å². The van der Waals surface area contributed by atoms with Gasteiger partial charge in [0.05, 0.1) is 0 Å². The minimum atomic E-state index is -4.29. The molecule has 0 aromatic heterocycles. The minimum Gasteiger partial charge on any atom is -0.394 e. The molecular formula is C8H20O8S2Si2. The van der Waals surface area contributed by atoms with Crippen molar-refractivity contribution in [1.82, 2.24) is 0 Å². The highest BCUT2D eigenvalue weighted by atomic mass is 32.3. The summed E-state index contributed by atoms with van der Waals surface area (Å²) in [5.74, 6) is 0.